The van der Waals surface area contributed by atoms with Gasteiger partial charge in [-0.25, -0.2) is 16.8 Å². The molecule has 9 heteroatoms. The maximum atomic E-state index is 13.2. The van der Waals surface area contributed by atoms with Crippen LogP contribution in [0.2, 0.25) is 0 Å². The summed E-state index contributed by atoms with van der Waals surface area (Å²) in [6, 6.07) is 2.65. The topological polar surface area (TPSA) is 92.8 Å². The van der Waals surface area contributed by atoms with Gasteiger partial charge in [0, 0.05) is 19.1 Å². The lowest BCUT2D eigenvalue weighted by Gasteiger charge is -2.22. The third kappa shape index (κ3) is 4.57. The molecule has 0 radical (unpaired) electrons. The number of methoxy groups -OCH3 is 1. The number of likely N-dealkylation sites (N-methyl/N-ethyl adjacent to an activating group) is 1. The highest BCUT2D eigenvalue weighted by Gasteiger charge is 2.46. The van der Waals surface area contributed by atoms with Crippen LogP contribution in [0.25, 0.3) is 0 Å². The van der Waals surface area contributed by atoms with E-state index in [0.717, 1.165) is 0 Å². The third-order valence-electron chi connectivity index (χ3n) is 4.66. The Morgan fingerprint density at radius 2 is 1.85 bits per heavy atom. The largest absolute Gasteiger partial charge is 0.496 e. The first-order valence-corrected chi connectivity index (χ1v) is 11.8. The summed E-state index contributed by atoms with van der Waals surface area (Å²) in [4.78, 5) is 2.13. The summed E-state index contributed by atoms with van der Waals surface area (Å²) < 4.78 is 56.0. The van der Waals surface area contributed by atoms with Crippen LogP contribution in [0.4, 0.5) is 0 Å². The van der Waals surface area contributed by atoms with Crippen molar-refractivity contribution in [3.05, 3.63) is 23.3 Å². The summed E-state index contributed by atoms with van der Waals surface area (Å²) in [6.45, 7) is 4.70. The summed E-state index contributed by atoms with van der Waals surface area (Å²) >= 11 is 0. The van der Waals surface area contributed by atoms with E-state index in [-0.39, 0.29) is 16.4 Å². The molecule has 0 aliphatic carbocycles. The van der Waals surface area contributed by atoms with Crippen LogP contribution < -0.4 is 10.1 Å². The lowest BCUT2D eigenvalue weighted by molar-refractivity contribution is 0.388. The molecular weight excluding hydrogens is 376 g/mol. The molecule has 1 aliphatic rings. The Labute approximate surface area is 156 Å². The molecule has 0 spiro atoms. The molecule has 1 saturated heterocycles. The monoisotopic (exact) mass is 404 g/mol. The molecule has 1 aliphatic heterocycles. The standard InChI is InChI=1S/C17H28N2O5S2/c1-12-9-16(13(2)8-15(12)24-5)26(22,23)17-11-25(20,21)10-14(17)18-6-7-19(3)4/h8-9,14,17-18H,6-7,10-11H2,1-5H3. The number of ether oxygens (including phenoxy) is 1. The summed E-state index contributed by atoms with van der Waals surface area (Å²) in [7, 11) is -1.85. The molecule has 0 aromatic heterocycles. The van der Waals surface area contributed by atoms with Crippen molar-refractivity contribution in [1.29, 1.82) is 0 Å². The zero-order valence-corrected chi connectivity index (χ0v) is 17.6. The molecule has 1 fully saturated rings. The van der Waals surface area contributed by atoms with E-state index < -0.39 is 31.0 Å². The van der Waals surface area contributed by atoms with Gasteiger partial charge in [-0.2, -0.15) is 0 Å². The number of hydrogen-bond donors (Lipinski definition) is 1. The van der Waals surface area contributed by atoms with Crippen molar-refractivity contribution in [1.82, 2.24) is 10.2 Å². The second kappa shape index (κ2) is 7.84. The summed E-state index contributed by atoms with van der Waals surface area (Å²) in [5.74, 6) is 0.110. The van der Waals surface area contributed by atoms with Crippen LogP contribution in [0, 0.1) is 13.8 Å². The van der Waals surface area contributed by atoms with Gasteiger partial charge in [0.05, 0.1) is 28.8 Å². The van der Waals surface area contributed by atoms with E-state index in [4.69, 9.17) is 4.74 Å². The maximum absolute atomic E-state index is 13.2. The summed E-state index contributed by atoms with van der Waals surface area (Å²) in [6.07, 6.45) is 0. The Kier molecular flexibility index (Phi) is 6.37. The highest BCUT2D eigenvalue weighted by Crippen LogP contribution is 2.31. The first-order chi connectivity index (χ1) is 12.0. The maximum Gasteiger partial charge on any atom is 0.184 e. The number of sulfone groups is 2. The van der Waals surface area contributed by atoms with E-state index in [9.17, 15) is 16.8 Å². The van der Waals surface area contributed by atoms with Crippen LogP contribution in [0.3, 0.4) is 0 Å². The van der Waals surface area contributed by atoms with Crippen molar-refractivity contribution >= 4 is 19.7 Å². The molecule has 26 heavy (non-hydrogen) atoms. The van der Waals surface area contributed by atoms with Gasteiger partial charge in [0.25, 0.3) is 0 Å². The van der Waals surface area contributed by atoms with Gasteiger partial charge in [-0.1, -0.05) is 0 Å². The van der Waals surface area contributed by atoms with E-state index in [1.54, 1.807) is 26.0 Å². The second-order valence-electron chi connectivity index (χ2n) is 7.11. The van der Waals surface area contributed by atoms with Gasteiger partial charge >= 0.3 is 0 Å². The number of hydrogen-bond acceptors (Lipinski definition) is 7. The Bertz CT molecular complexity index is 863. The van der Waals surface area contributed by atoms with Gasteiger partial charge in [0.15, 0.2) is 19.7 Å². The number of aryl methyl sites for hydroxylation is 2. The molecule has 1 aromatic rings. The molecule has 2 rings (SSSR count). The Morgan fingerprint density at radius 1 is 1.19 bits per heavy atom. The van der Waals surface area contributed by atoms with Crippen LogP contribution in [0.5, 0.6) is 5.75 Å². The van der Waals surface area contributed by atoms with Gasteiger partial charge < -0.3 is 15.0 Å². The van der Waals surface area contributed by atoms with Crippen molar-refractivity contribution in [2.24, 2.45) is 0 Å². The van der Waals surface area contributed by atoms with Gasteiger partial charge in [-0.3, -0.25) is 0 Å². The molecule has 1 heterocycles. The first-order valence-electron chi connectivity index (χ1n) is 8.45. The Hall–Kier alpha value is -1.16. The van der Waals surface area contributed by atoms with Gasteiger partial charge in [0.1, 0.15) is 5.75 Å². The highest BCUT2D eigenvalue weighted by atomic mass is 32.2. The number of nitrogens with zero attached hydrogens (tertiary/aromatic N) is 1. The predicted molar refractivity (Wildman–Crippen MR) is 102 cm³/mol. The van der Waals surface area contributed by atoms with Crippen LogP contribution in [0.15, 0.2) is 17.0 Å². The van der Waals surface area contributed by atoms with Crippen molar-refractivity contribution in [2.45, 2.75) is 30.0 Å². The molecule has 2 atom stereocenters. The second-order valence-corrected chi connectivity index (χ2v) is 11.4. The minimum atomic E-state index is -3.80. The van der Waals surface area contributed by atoms with Crippen LogP contribution >= 0.6 is 0 Å². The molecule has 0 bridgehead atoms. The minimum Gasteiger partial charge on any atom is -0.496 e. The highest BCUT2D eigenvalue weighted by molar-refractivity contribution is 7.96. The fourth-order valence-corrected chi connectivity index (χ4v) is 8.26. The molecule has 2 unspecified atom stereocenters. The SMILES string of the molecule is COc1cc(C)c(S(=O)(=O)C2CS(=O)(=O)CC2NCCN(C)C)cc1C. The Morgan fingerprint density at radius 3 is 2.42 bits per heavy atom. The fourth-order valence-electron chi connectivity index (χ4n) is 3.24. The molecular formula is C17H28N2O5S2. The van der Waals surface area contributed by atoms with Crippen molar-refractivity contribution in [3.63, 3.8) is 0 Å². The van der Waals surface area contributed by atoms with E-state index >= 15 is 0 Å². The van der Waals surface area contributed by atoms with Gasteiger partial charge in [-0.15, -0.1) is 0 Å². The molecule has 7 nitrogen and oxygen atoms in total. The quantitative estimate of drug-likeness (QED) is 0.703. The lowest BCUT2D eigenvalue weighted by atomic mass is 10.1. The molecule has 1 N–H and O–H groups in total. The number of rotatable bonds is 7. The summed E-state index contributed by atoms with van der Waals surface area (Å²) in [5, 5.41) is 2.14. The predicted octanol–water partition coefficient (Wildman–Crippen LogP) is 0.403. The molecule has 1 aromatic carbocycles. The van der Waals surface area contributed by atoms with Crippen LogP contribution in [0.1, 0.15) is 11.1 Å². The molecule has 0 saturated carbocycles. The average molecular weight is 405 g/mol. The number of nitrogens with one attached hydrogen (secondary N) is 1. The first kappa shape index (κ1) is 21.1. The lowest BCUT2D eigenvalue weighted by Crippen LogP contribution is -2.45. The molecule has 0 amide bonds. The van der Waals surface area contributed by atoms with Crippen molar-refractivity contribution < 1.29 is 21.6 Å². The van der Waals surface area contributed by atoms with Gasteiger partial charge in [0.2, 0.25) is 0 Å². The van der Waals surface area contributed by atoms with E-state index in [1.807, 2.05) is 19.0 Å². The van der Waals surface area contributed by atoms with E-state index in [2.05, 4.69) is 5.32 Å². The zero-order valence-electron chi connectivity index (χ0n) is 15.9. The number of benzene rings is 1. The van der Waals surface area contributed by atoms with Gasteiger partial charge in [-0.05, 0) is 51.2 Å². The average Bonchev–Trinajstić information content (AvgIpc) is 2.84. The van der Waals surface area contributed by atoms with Crippen LogP contribution in [-0.4, -0.2) is 78.8 Å². The Balaban J connectivity index is 2.37. The molecule has 148 valence electrons. The van der Waals surface area contributed by atoms with Crippen LogP contribution in [-0.2, 0) is 19.7 Å². The normalized spacial score (nSPS) is 22.7. The van der Waals surface area contributed by atoms with Crippen molar-refractivity contribution in [3.8, 4) is 5.75 Å². The smallest absolute Gasteiger partial charge is 0.184 e. The zero-order chi connectivity index (χ0) is 19.7. The summed E-state index contributed by atoms with van der Waals surface area (Å²) in [5.41, 5.74) is 1.26. The fraction of sp³-hybridized carbons (Fsp3) is 0.647. The third-order valence-corrected chi connectivity index (χ3v) is 8.95. The van der Waals surface area contributed by atoms with E-state index in [0.29, 0.717) is 30.0 Å². The van der Waals surface area contributed by atoms with Crippen molar-refractivity contribution in [2.75, 3.05) is 45.8 Å². The van der Waals surface area contributed by atoms with E-state index in [1.165, 1.54) is 7.11 Å². The minimum absolute atomic E-state index is 0.154.